The number of carboxylic acids is 1. The maximum atomic E-state index is 12.1. The van der Waals surface area contributed by atoms with E-state index in [9.17, 15) is 9.59 Å². The Labute approximate surface area is 147 Å². The Hall–Kier alpha value is -2.50. The van der Waals surface area contributed by atoms with Crippen LogP contribution in [0.5, 0.6) is 11.5 Å². The Morgan fingerprint density at radius 3 is 2.60 bits per heavy atom. The summed E-state index contributed by atoms with van der Waals surface area (Å²) in [5, 5.41) is 11.8. The summed E-state index contributed by atoms with van der Waals surface area (Å²) in [7, 11) is 1.48. The van der Waals surface area contributed by atoms with Gasteiger partial charge in [0, 0.05) is 12.1 Å². The van der Waals surface area contributed by atoms with Crippen LogP contribution in [0.3, 0.4) is 0 Å². The highest BCUT2D eigenvalue weighted by Crippen LogP contribution is 2.28. The van der Waals surface area contributed by atoms with E-state index in [2.05, 4.69) is 12.2 Å². The smallest absolute Gasteiger partial charge is 0.341 e. The third kappa shape index (κ3) is 6.14. The number of hydrogen-bond donors (Lipinski definition) is 2. The molecule has 0 aromatic heterocycles. The normalized spacial score (nSPS) is 20.2. The average Bonchev–Trinajstić information content (AvgIpc) is 2.60. The SMILES string of the molecule is COc1ccc(/C=C/C(=O)NC2CCC(C)CC2)cc1OCC(=O)O. The molecule has 1 aliphatic rings. The van der Waals surface area contributed by atoms with Crippen molar-refractivity contribution in [3.05, 3.63) is 29.8 Å². The molecule has 6 nitrogen and oxygen atoms in total. The Bertz CT molecular complexity index is 633. The molecule has 0 bridgehead atoms. The molecule has 1 aromatic carbocycles. The summed E-state index contributed by atoms with van der Waals surface area (Å²) in [5.41, 5.74) is 0.730. The van der Waals surface area contributed by atoms with Gasteiger partial charge in [-0.25, -0.2) is 4.79 Å². The largest absolute Gasteiger partial charge is 0.493 e. The van der Waals surface area contributed by atoms with E-state index in [1.165, 1.54) is 13.2 Å². The summed E-state index contributed by atoms with van der Waals surface area (Å²) in [5.74, 6) is 0.327. The highest BCUT2D eigenvalue weighted by atomic mass is 16.5. The lowest BCUT2D eigenvalue weighted by Crippen LogP contribution is -2.36. The highest BCUT2D eigenvalue weighted by molar-refractivity contribution is 5.92. The van der Waals surface area contributed by atoms with Gasteiger partial charge in [0.15, 0.2) is 18.1 Å². The molecule has 2 N–H and O–H groups in total. The van der Waals surface area contributed by atoms with E-state index < -0.39 is 12.6 Å². The fourth-order valence-corrected chi connectivity index (χ4v) is 2.87. The second kappa shape index (κ2) is 9.11. The fourth-order valence-electron chi connectivity index (χ4n) is 2.87. The van der Waals surface area contributed by atoms with E-state index >= 15 is 0 Å². The zero-order valence-corrected chi connectivity index (χ0v) is 14.7. The summed E-state index contributed by atoms with van der Waals surface area (Å²) in [6.07, 6.45) is 7.51. The summed E-state index contributed by atoms with van der Waals surface area (Å²) < 4.78 is 10.4. The van der Waals surface area contributed by atoms with Crippen molar-refractivity contribution in [2.45, 2.75) is 38.6 Å². The van der Waals surface area contributed by atoms with E-state index in [0.717, 1.165) is 37.2 Å². The van der Waals surface area contributed by atoms with E-state index in [4.69, 9.17) is 14.6 Å². The third-order valence-electron chi connectivity index (χ3n) is 4.33. The van der Waals surface area contributed by atoms with Gasteiger partial charge in [-0.3, -0.25) is 4.79 Å². The first-order valence-corrected chi connectivity index (χ1v) is 8.49. The van der Waals surface area contributed by atoms with Crippen molar-refractivity contribution >= 4 is 18.0 Å². The number of carbonyl (C=O) groups is 2. The van der Waals surface area contributed by atoms with Crippen molar-refractivity contribution in [2.75, 3.05) is 13.7 Å². The topological polar surface area (TPSA) is 84.9 Å². The van der Waals surface area contributed by atoms with Crippen LogP contribution >= 0.6 is 0 Å². The molecule has 0 atom stereocenters. The summed E-state index contributed by atoms with van der Waals surface area (Å²) in [6, 6.07) is 5.35. The van der Waals surface area contributed by atoms with Crippen LogP contribution in [0.4, 0.5) is 0 Å². The fraction of sp³-hybridized carbons (Fsp3) is 0.474. The molecule has 25 heavy (non-hydrogen) atoms. The van der Waals surface area contributed by atoms with E-state index in [1.807, 2.05) is 0 Å². The van der Waals surface area contributed by atoms with Crippen LogP contribution in [0, 0.1) is 5.92 Å². The monoisotopic (exact) mass is 347 g/mol. The molecule has 1 saturated carbocycles. The van der Waals surface area contributed by atoms with Gasteiger partial charge < -0.3 is 19.9 Å². The predicted molar refractivity (Wildman–Crippen MR) is 94.7 cm³/mol. The molecule has 1 amide bonds. The van der Waals surface area contributed by atoms with Crippen LogP contribution in [-0.2, 0) is 9.59 Å². The zero-order chi connectivity index (χ0) is 18.2. The molecular weight excluding hydrogens is 322 g/mol. The van der Waals surface area contributed by atoms with E-state index in [1.54, 1.807) is 24.3 Å². The van der Waals surface area contributed by atoms with Gasteiger partial charge in [0.05, 0.1) is 7.11 Å². The number of carbonyl (C=O) groups excluding carboxylic acids is 1. The minimum atomic E-state index is -1.07. The molecule has 136 valence electrons. The Morgan fingerprint density at radius 2 is 1.96 bits per heavy atom. The molecule has 1 aliphatic carbocycles. The standard InChI is InChI=1S/C19H25NO5/c1-13-3-7-15(8-4-13)20-18(21)10-6-14-5-9-16(24-2)17(11-14)25-12-19(22)23/h5-6,9-11,13,15H,3-4,7-8,12H2,1-2H3,(H,20,21)(H,22,23)/b10-6+. The minimum Gasteiger partial charge on any atom is -0.493 e. The Balaban J connectivity index is 1.96. The van der Waals surface area contributed by atoms with Crippen LogP contribution in [0.15, 0.2) is 24.3 Å². The number of carboxylic acid groups (broad SMARTS) is 1. The molecule has 0 radical (unpaired) electrons. The van der Waals surface area contributed by atoms with Crippen molar-refractivity contribution in [3.63, 3.8) is 0 Å². The number of nitrogens with one attached hydrogen (secondary N) is 1. The van der Waals surface area contributed by atoms with Gasteiger partial charge in [0.2, 0.25) is 5.91 Å². The van der Waals surface area contributed by atoms with Crippen LogP contribution in [0.1, 0.15) is 38.2 Å². The van der Waals surface area contributed by atoms with E-state index in [-0.39, 0.29) is 11.9 Å². The van der Waals surface area contributed by atoms with Crippen molar-refractivity contribution in [3.8, 4) is 11.5 Å². The van der Waals surface area contributed by atoms with Crippen LogP contribution in [0.25, 0.3) is 6.08 Å². The number of rotatable bonds is 7. The molecule has 0 unspecified atom stereocenters. The molecule has 0 saturated heterocycles. The summed E-state index contributed by atoms with van der Waals surface area (Å²) >= 11 is 0. The molecule has 0 aliphatic heterocycles. The first kappa shape index (κ1) is 18.8. The van der Waals surface area contributed by atoms with Crippen molar-refractivity contribution in [1.82, 2.24) is 5.32 Å². The molecule has 6 heteroatoms. The van der Waals surface area contributed by atoms with Crippen LogP contribution in [-0.4, -0.2) is 36.7 Å². The van der Waals surface area contributed by atoms with Crippen molar-refractivity contribution in [1.29, 1.82) is 0 Å². The third-order valence-corrected chi connectivity index (χ3v) is 4.33. The van der Waals surface area contributed by atoms with Crippen molar-refractivity contribution in [2.24, 2.45) is 5.92 Å². The summed E-state index contributed by atoms with van der Waals surface area (Å²) in [4.78, 5) is 22.7. The maximum absolute atomic E-state index is 12.1. The first-order valence-electron chi connectivity index (χ1n) is 8.49. The molecule has 1 fully saturated rings. The number of aliphatic carboxylic acids is 1. The lowest BCUT2D eigenvalue weighted by Gasteiger charge is -2.26. The van der Waals surface area contributed by atoms with Gasteiger partial charge in [0.25, 0.3) is 0 Å². The lowest BCUT2D eigenvalue weighted by atomic mass is 9.87. The molecule has 0 heterocycles. The molecular formula is C19H25NO5. The van der Waals surface area contributed by atoms with E-state index in [0.29, 0.717) is 11.5 Å². The zero-order valence-electron chi connectivity index (χ0n) is 14.7. The molecule has 2 rings (SSSR count). The van der Waals surface area contributed by atoms with Crippen LogP contribution < -0.4 is 14.8 Å². The second-order valence-electron chi connectivity index (χ2n) is 6.39. The van der Waals surface area contributed by atoms with Crippen LogP contribution in [0.2, 0.25) is 0 Å². The highest BCUT2D eigenvalue weighted by Gasteiger charge is 2.18. The van der Waals surface area contributed by atoms with Crippen molar-refractivity contribution < 1.29 is 24.2 Å². The number of benzene rings is 1. The van der Waals surface area contributed by atoms with Gasteiger partial charge >= 0.3 is 5.97 Å². The lowest BCUT2D eigenvalue weighted by molar-refractivity contribution is -0.139. The summed E-state index contributed by atoms with van der Waals surface area (Å²) in [6.45, 7) is 1.79. The minimum absolute atomic E-state index is 0.122. The van der Waals surface area contributed by atoms with Gasteiger partial charge in [-0.15, -0.1) is 0 Å². The number of ether oxygens (including phenoxy) is 2. The average molecular weight is 347 g/mol. The number of amides is 1. The first-order chi connectivity index (χ1) is 12.0. The van der Waals surface area contributed by atoms with Gasteiger partial charge in [-0.1, -0.05) is 13.0 Å². The van der Waals surface area contributed by atoms with Gasteiger partial charge in [0.1, 0.15) is 0 Å². The van der Waals surface area contributed by atoms with Gasteiger partial charge in [-0.2, -0.15) is 0 Å². The second-order valence-corrected chi connectivity index (χ2v) is 6.39. The number of methoxy groups -OCH3 is 1. The number of hydrogen-bond acceptors (Lipinski definition) is 4. The molecule has 0 spiro atoms. The van der Waals surface area contributed by atoms with Gasteiger partial charge in [-0.05, 0) is 55.4 Å². The quantitative estimate of drug-likeness (QED) is 0.741. The molecule has 1 aromatic rings. The Kier molecular flexibility index (Phi) is 6.86. The maximum Gasteiger partial charge on any atom is 0.341 e. The predicted octanol–water partition coefficient (Wildman–Crippen LogP) is 2.87. The Morgan fingerprint density at radius 1 is 1.24 bits per heavy atom.